The van der Waals surface area contributed by atoms with Gasteiger partial charge in [0.15, 0.2) is 5.96 Å². The number of nitrogens with one attached hydrogen (secondary N) is 1. The number of nitrogens with zero attached hydrogens (tertiary/aromatic N) is 3. The number of anilines is 1. The lowest BCUT2D eigenvalue weighted by molar-refractivity contribution is 0.332. The third kappa shape index (κ3) is 6.65. The summed E-state index contributed by atoms with van der Waals surface area (Å²) >= 11 is 0. The lowest BCUT2D eigenvalue weighted by Gasteiger charge is -2.14. The van der Waals surface area contributed by atoms with Gasteiger partial charge in [0, 0.05) is 25.0 Å². The number of hydrogen-bond acceptors (Lipinski definition) is 4. The monoisotopic (exact) mass is 521 g/mol. The first-order chi connectivity index (χ1) is 14.2. The van der Waals surface area contributed by atoms with Crippen LogP contribution >= 0.6 is 24.0 Å². The molecule has 0 unspecified atom stereocenters. The molecular formula is C22H28IN5O2. The molecular weight excluding hydrogens is 493 g/mol. The van der Waals surface area contributed by atoms with Crippen molar-refractivity contribution < 1.29 is 9.47 Å². The fraction of sp³-hybridized carbons (Fsp3) is 0.273. The van der Waals surface area contributed by atoms with Crippen molar-refractivity contribution in [3.63, 3.8) is 0 Å². The highest BCUT2D eigenvalue weighted by Crippen LogP contribution is 2.29. The molecule has 0 radical (unpaired) electrons. The molecule has 30 heavy (non-hydrogen) atoms. The van der Waals surface area contributed by atoms with Crippen molar-refractivity contribution >= 4 is 35.6 Å². The Kier molecular flexibility index (Phi) is 9.46. The van der Waals surface area contributed by atoms with Gasteiger partial charge in [-0.15, -0.1) is 24.0 Å². The minimum Gasteiger partial charge on any atom is -0.494 e. The Balaban J connectivity index is 0.00000320. The van der Waals surface area contributed by atoms with Crippen molar-refractivity contribution in [3.8, 4) is 17.2 Å². The second-order valence-electron chi connectivity index (χ2n) is 6.28. The quantitative estimate of drug-likeness (QED) is 0.250. The Morgan fingerprint density at radius 3 is 2.53 bits per heavy atom. The summed E-state index contributed by atoms with van der Waals surface area (Å²) in [5.41, 5.74) is 9.03. The molecule has 2 aromatic carbocycles. The molecule has 160 valence electrons. The molecule has 1 aromatic heterocycles. The van der Waals surface area contributed by atoms with Crippen LogP contribution in [0.5, 0.6) is 11.5 Å². The summed E-state index contributed by atoms with van der Waals surface area (Å²) < 4.78 is 13.0. The summed E-state index contributed by atoms with van der Waals surface area (Å²) in [7, 11) is 0. The summed E-state index contributed by atoms with van der Waals surface area (Å²) in [6.07, 6.45) is 4.47. The van der Waals surface area contributed by atoms with E-state index in [9.17, 15) is 0 Å². The maximum atomic E-state index is 6.08. The minimum atomic E-state index is 0. The van der Waals surface area contributed by atoms with Crippen LogP contribution in [0.15, 0.2) is 65.9 Å². The average molecular weight is 521 g/mol. The number of aliphatic imine (C=N–C) groups is 1. The Hall–Kier alpha value is -2.75. The van der Waals surface area contributed by atoms with Crippen molar-refractivity contribution in [1.29, 1.82) is 0 Å². The molecule has 1 heterocycles. The van der Waals surface area contributed by atoms with Gasteiger partial charge in [0.25, 0.3) is 0 Å². The van der Waals surface area contributed by atoms with Crippen LogP contribution in [0.4, 0.5) is 5.69 Å². The van der Waals surface area contributed by atoms with Crippen LogP contribution in [-0.2, 0) is 6.42 Å². The first kappa shape index (κ1) is 23.5. The van der Waals surface area contributed by atoms with E-state index >= 15 is 0 Å². The van der Waals surface area contributed by atoms with Crippen LogP contribution in [-0.4, -0.2) is 35.5 Å². The maximum absolute atomic E-state index is 6.08. The van der Waals surface area contributed by atoms with Gasteiger partial charge < -0.3 is 20.5 Å². The largest absolute Gasteiger partial charge is 0.494 e. The van der Waals surface area contributed by atoms with Crippen LogP contribution in [0.25, 0.3) is 5.69 Å². The lowest BCUT2D eigenvalue weighted by atomic mass is 10.1. The maximum Gasteiger partial charge on any atom is 0.193 e. The highest BCUT2D eigenvalue weighted by atomic mass is 127. The SMILES string of the molecule is CCOc1ccc(OCC)c(NC(N)=NCCc2ccc(-n3cccn3)cc2)c1.I. The number of ether oxygens (including phenoxy) is 2. The van der Waals surface area contributed by atoms with Crippen molar-refractivity contribution in [3.05, 3.63) is 66.5 Å². The van der Waals surface area contributed by atoms with Gasteiger partial charge in [-0.25, -0.2) is 4.68 Å². The number of aromatic nitrogens is 2. The third-order valence-electron chi connectivity index (χ3n) is 4.21. The van der Waals surface area contributed by atoms with E-state index in [-0.39, 0.29) is 24.0 Å². The molecule has 0 aliphatic carbocycles. The standard InChI is InChI=1S/C22H27N5O2.HI/c1-3-28-19-10-11-21(29-4-2)20(16-19)26-22(23)24-14-12-17-6-8-18(9-7-17)27-15-5-13-25-27;/h5-11,13,15-16H,3-4,12,14H2,1-2H3,(H3,23,24,26);1H. The summed E-state index contributed by atoms with van der Waals surface area (Å²) in [5, 5.41) is 7.35. The molecule has 0 saturated carbocycles. The number of rotatable bonds is 9. The molecule has 3 N–H and O–H groups in total. The summed E-state index contributed by atoms with van der Waals surface area (Å²) in [5.74, 6) is 1.81. The molecule has 0 atom stereocenters. The predicted molar refractivity (Wildman–Crippen MR) is 132 cm³/mol. The zero-order valence-corrected chi connectivity index (χ0v) is 19.6. The zero-order chi connectivity index (χ0) is 20.5. The van der Waals surface area contributed by atoms with E-state index in [4.69, 9.17) is 15.2 Å². The van der Waals surface area contributed by atoms with Gasteiger partial charge in [0.1, 0.15) is 11.5 Å². The topological polar surface area (TPSA) is 86.7 Å². The van der Waals surface area contributed by atoms with Gasteiger partial charge in [0.2, 0.25) is 0 Å². The molecule has 0 amide bonds. The van der Waals surface area contributed by atoms with E-state index in [1.807, 2.05) is 61.1 Å². The molecule has 0 saturated heterocycles. The first-order valence-corrected chi connectivity index (χ1v) is 9.75. The Labute approximate surface area is 194 Å². The Bertz CT molecular complexity index is 927. The normalized spacial score (nSPS) is 10.9. The second-order valence-corrected chi connectivity index (χ2v) is 6.28. The number of guanidine groups is 1. The third-order valence-corrected chi connectivity index (χ3v) is 4.21. The highest BCUT2D eigenvalue weighted by Gasteiger charge is 2.07. The van der Waals surface area contributed by atoms with Crippen LogP contribution in [0.1, 0.15) is 19.4 Å². The van der Waals surface area contributed by atoms with Gasteiger partial charge >= 0.3 is 0 Å². The van der Waals surface area contributed by atoms with E-state index in [1.165, 1.54) is 5.56 Å². The summed E-state index contributed by atoms with van der Waals surface area (Å²) in [6, 6.07) is 15.8. The average Bonchev–Trinajstić information content (AvgIpc) is 3.26. The van der Waals surface area contributed by atoms with Crippen molar-refractivity contribution in [2.75, 3.05) is 25.1 Å². The minimum absolute atomic E-state index is 0. The van der Waals surface area contributed by atoms with Crippen LogP contribution in [0.2, 0.25) is 0 Å². The fourth-order valence-electron chi connectivity index (χ4n) is 2.86. The molecule has 0 spiro atoms. The summed E-state index contributed by atoms with van der Waals surface area (Å²) in [6.45, 7) is 5.62. The lowest BCUT2D eigenvalue weighted by Crippen LogP contribution is -2.23. The smallest absolute Gasteiger partial charge is 0.193 e. The van der Waals surface area contributed by atoms with E-state index in [0.717, 1.165) is 23.5 Å². The Morgan fingerprint density at radius 2 is 1.87 bits per heavy atom. The van der Waals surface area contributed by atoms with Gasteiger partial charge in [-0.3, -0.25) is 4.99 Å². The van der Waals surface area contributed by atoms with Crippen LogP contribution < -0.4 is 20.5 Å². The van der Waals surface area contributed by atoms with Crippen molar-refractivity contribution in [1.82, 2.24) is 9.78 Å². The summed E-state index contributed by atoms with van der Waals surface area (Å²) in [4.78, 5) is 4.43. The molecule has 0 aliphatic rings. The molecule has 3 rings (SSSR count). The van der Waals surface area contributed by atoms with E-state index in [1.54, 1.807) is 6.20 Å². The molecule has 0 bridgehead atoms. The van der Waals surface area contributed by atoms with Crippen molar-refractivity contribution in [2.45, 2.75) is 20.3 Å². The molecule has 7 nitrogen and oxygen atoms in total. The second kappa shape index (κ2) is 12.1. The van der Waals surface area contributed by atoms with Gasteiger partial charge in [0.05, 0.1) is 24.6 Å². The number of nitrogens with two attached hydrogens (primary N) is 1. The predicted octanol–water partition coefficient (Wildman–Crippen LogP) is 4.26. The van der Waals surface area contributed by atoms with Gasteiger partial charge in [-0.05, 0) is 56.2 Å². The zero-order valence-electron chi connectivity index (χ0n) is 17.2. The number of benzene rings is 2. The van der Waals surface area contributed by atoms with E-state index in [2.05, 4.69) is 27.5 Å². The number of halogens is 1. The molecule has 8 heteroatoms. The Morgan fingerprint density at radius 1 is 1.10 bits per heavy atom. The molecule has 3 aromatic rings. The van der Waals surface area contributed by atoms with Crippen LogP contribution in [0.3, 0.4) is 0 Å². The highest BCUT2D eigenvalue weighted by molar-refractivity contribution is 14.0. The van der Waals surface area contributed by atoms with E-state index in [0.29, 0.717) is 31.5 Å². The van der Waals surface area contributed by atoms with Gasteiger partial charge in [-0.2, -0.15) is 5.10 Å². The van der Waals surface area contributed by atoms with Gasteiger partial charge in [-0.1, -0.05) is 12.1 Å². The fourth-order valence-corrected chi connectivity index (χ4v) is 2.86. The molecule has 0 aliphatic heterocycles. The first-order valence-electron chi connectivity index (χ1n) is 9.75. The van der Waals surface area contributed by atoms with Crippen molar-refractivity contribution in [2.24, 2.45) is 10.7 Å². The van der Waals surface area contributed by atoms with E-state index < -0.39 is 0 Å². The van der Waals surface area contributed by atoms with Crippen LogP contribution in [0, 0.1) is 0 Å². The molecule has 0 fully saturated rings. The number of hydrogen-bond donors (Lipinski definition) is 2.